The van der Waals surface area contributed by atoms with E-state index in [1.165, 1.54) is 0 Å². The smallest absolute Gasteiger partial charge is 0.343 e. The summed E-state index contributed by atoms with van der Waals surface area (Å²) in [6.07, 6.45) is 3.35. The standard InChI is InChI=1S/C17H13BrO4/c1-2-20-13-5-3-11(4-6-13)15-10-12(17(19)22-15)9-14-7-8-16(18)21-14/h3-10H,2H2,1H3. The van der Waals surface area contributed by atoms with Gasteiger partial charge in [0, 0.05) is 5.56 Å². The molecule has 0 aliphatic carbocycles. The minimum Gasteiger partial charge on any atom is -0.494 e. The molecule has 1 aliphatic heterocycles. The molecule has 0 unspecified atom stereocenters. The lowest BCUT2D eigenvalue weighted by atomic mass is 10.1. The van der Waals surface area contributed by atoms with Gasteiger partial charge < -0.3 is 13.9 Å². The molecule has 0 amide bonds. The second kappa shape index (κ2) is 6.23. The Morgan fingerprint density at radius 2 is 1.95 bits per heavy atom. The molecule has 1 aromatic heterocycles. The highest BCUT2D eigenvalue weighted by atomic mass is 79.9. The quantitative estimate of drug-likeness (QED) is 0.598. The number of cyclic esters (lactones) is 1. The number of carbonyl (C=O) groups is 1. The molecule has 4 nitrogen and oxygen atoms in total. The Morgan fingerprint density at radius 3 is 2.59 bits per heavy atom. The van der Waals surface area contributed by atoms with E-state index in [2.05, 4.69) is 15.9 Å². The highest BCUT2D eigenvalue weighted by Gasteiger charge is 2.22. The van der Waals surface area contributed by atoms with E-state index in [1.54, 1.807) is 24.3 Å². The summed E-state index contributed by atoms with van der Waals surface area (Å²) in [7, 11) is 0. The van der Waals surface area contributed by atoms with Crippen LogP contribution >= 0.6 is 15.9 Å². The summed E-state index contributed by atoms with van der Waals surface area (Å²) in [4.78, 5) is 11.9. The lowest BCUT2D eigenvalue weighted by Gasteiger charge is -2.05. The first-order valence-corrected chi connectivity index (χ1v) is 7.59. The predicted octanol–water partition coefficient (Wildman–Crippen LogP) is 4.42. The first-order chi connectivity index (χ1) is 10.7. The number of hydrogen-bond donors (Lipinski definition) is 0. The molecule has 0 radical (unpaired) electrons. The number of ether oxygens (including phenoxy) is 2. The number of hydrogen-bond acceptors (Lipinski definition) is 4. The molecule has 0 spiro atoms. The topological polar surface area (TPSA) is 48.7 Å². The maximum absolute atomic E-state index is 11.9. The van der Waals surface area contributed by atoms with Crippen LogP contribution in [0.3, 0.4) is 0 Å². The van der Waals surface area contributed by atoms with Crippen molar-refractivity contribution in [2.75, 3.05) is 6.61 Å². The predicted molar refractivity (Wildman–Crippen MR) is 86.1 cm³/mol. The van der Waals surface area contributed by atoms with Crippen LogP contribution in [0.25, 0.3) is 11.8 Å². The molecule has 0 atom stereocenters. The van der Waals surface area contributed by atoms with E-state index in [0.717, 1.165) is 11.3 Å². The molecule has 0 bridgehead atoms. The molecule has 1 aromatic carbocycles. The third kappa shape index (κ3) is 3.14. The SMILES string of the molecule is CCOc1ccc(C2=CC(=Cc3ccc(Br)o3)C(=O)O2)cc1. The van der Waals surface area contributed by atoms with Crippen molar-refractivity contribution in [3.05, 3.63) is 64.0 Å². The van der Waals surface area contributed by atoms with Crippen LogP contribution < -0.4 is 4.74 Å². The average Bonchev–Trinajstić information content (AvgIpc) is 3.07. The molecule has 0 fully saturated rings. The molecular weight excluding hydrogens is 348 g/mol. The van der Waals surface area contributed by atoms with Crippen LogP contribution in [0.2, 0.25) is 0 Å². The Kier molecular flexibility index (Phi) is 4.15. The van der Waals surface area contributed by atoms with Crippen molar-refractivity contribution in [2.45, 2.75) is 6.92 Å². The Bertz CT molecular complexity index is 753. The van der Waals surface area contributed by atoms with Crippen molar-refractivity contribution in [1.29, 1.82) is 0 Å². The minimum atomic E-state index is -0.392. The molecule has 3 rings (SSSR count). The van der Waals surface area contributed by atoms with Gasteiger partial charge in [0.1, 0.15) is 17.3 Å². The van der Waals surface area contributed by atoms with E-state index in [0.29, 0.717) is 28.4 Å². The van der Waals surface area contributed by atoms with Crippen molar-refractivity contribution in [1.82, 2.24) is 0 Å². The lowest BCUT2D eigenvalue weighted by Crippen LogP contribution is -1.97. The van der Waals surface area contributed by atoms with Crippen molar-refractivity contribution in [2.24, 2.45) is 0 Å². The monoisotopic (exact) mass is 360 g/mol. The van der Waals surface area contributed by atoms with Gasteiger partial charge in [0.2, 0.25) is 0 Å². The zero-order valence-corrected chi connectivity index (χ0v) is 13.4. The number of halogens is 1. The summed E-state index contributed by atoms with van der Waals surface area (Å²) in [6.45, 7) is 2.54. The van der Waals surface area contributed by atoms with Crippen LogP contribution in [0.5, 0.6) is 5.75 Å². The van der Waals surface area contributed by atoms with Crippen LogP contribution in [-0.2, 0) is 9.53 Å². The molecular formula is C17H13BrO4. The first-order valence-electron chi connectivity index (χ1n) is 6.80. The molecule has 0 saturated carbocycles. The van der Waals surface area contributed by atoms with Gasteiger partial charge in [-0.3, -0.25) is 0 Å². The third-order valence-electron chi connectivity index (χ3n) is 3.07. The van der Waals surface area contributed by atoms with E-state index in [-0.39, 0.29) is 0 Å². The molecule has 5 heteroatoms. The van der Waals surface area contributed by atoms with E-state index in [1.807, 2.05) is 31.2 Å². The van der Waals surface area contributed by atoms with Crippen LogP contribution in [0, 0.1) is 0 Å². The summed E-state index contributed by atoms with van der Waals surface area (Å²) in [5.41, 5.74) is 1.27. The van der Waals surface area contributed by atoms with E-state index < -0.39 is 5.97 Å². The number of benzene rings is 1. The maximum Gasteiger partial charge on any atom is 0.343 e. The van der Waals surface area contributed by atoms with Gasteiger partial charge in [-0.15, -0.1) is 0 Å². The van der Waals surface area contributed by atoms with E-state index in [4.69, 9.17) is 13.9 Å². The van der Waals surface area contributed by atoms with Crippen molar-refractivity contribution >= 4 is 33.7 Å². The van der Waals surface area contributed by atoms with Gasteiger partial charge >= 0.3 is 5.97 Å². The average molecular weight is 361 g/mol. The van der Waals surface area contributed by atoms with Gasteiger partial charge in [0.15, 0.2) is 4.67 Å². The third-order valence-corrected chi connectivity index (χ3v) is 3.49. The van der Waals surface area contributed by atoms with Crippen LogP contribution in [0.4, 0.5) is 0 Å². The second-order valence-corrected chi connectivity index (χ2v) is 5.38. The first kappa shape index (κ1) is 14.7. The van der Waals surface area contributed by atoms with Gasteiger partial charge in [-0.1, -0.05) is 0 Å². The van der Waals surface area contributed by atoms with Gasteiger partial charge in [0.25, 0.3) is 0 Å². The molecule has 0 saturated heterocycles. The Hall–Kier alpha value is -2.27. The van der Waals surface area contributed by atoms with Crippen LogP contribution in [-0.4, -0.2) is 12.6 Å². The van der Waals surface area contributed by atoms with Gasteiger partial charge in [0.05, 0.1) is 12.2 Å². The molecule has 112 valence electrons. The molecule has 2 heterocycles. The van der Waals surface area contributed by atoms with Crippen LogP contribution in [0.1, 0.15) is 18.2 Å². The molecule has 22 heavy (non-hydrogen) atoms. The largest absolute Gasteiger partial charge is 0.494 e. The van der Waals surface area contributed by atoms with Crippen molar-refractivity contribution in [3.8, 4) is 5.75 Å². The molecule has 2 aromatic rings. The summed E-state index contributed by atoms with van der Waals surface area (Å²) in [5.74, 6) is 1.50. The van der Waals surface area contributed by atoms with Gasteiger partial charge in [-0.2, -0.15) is 0 Å². The van der Waals surface area contributed by atoms with E-state index in [9.17, 15) is 4.79 Å². The number of rotatable bonds is 4. The zero-order chi connectivity index (χ0) is 15.5. The Labute approximate surface area is 136 Å². The fourth-order valence-electron chi connectivity index (χ4n) is 2.07. The van der Waals surface area contributed by atoms with Crippen molar-refractivity contribution in [3.63, 3.8) is 0 Å². The normalized spacial score (nSPS) is 15.8. The second-order valence-electron chi connectivity index (χ2n) is 4.60. The summed E-state index contributed by atoms with van der Waals surface area (Å²) in [5, 5.41) is 0. The summed E-state index contributed by atoms with van der Waals surface area (Å²) < 4.78 is 16.7. The fraction of sp³-hybridized carbons (Fsp3) is 0.118. The highest BCUT2D eigenvalue weighted by Crippen LogP contribution is 2.29. The fourth-order valence-corrected chi connectivity index (χ4v) is 2.39. The van der Waals surface area contributed by atoms with Gasteiger partial charge in [-0.05, 0) is 71.4 Å². The van der Waals surface area contributed by atoms with Gasteiger partial charge in [-0.25, -0.2) is 4.79 Å². The number of furan rings is 1. The lowest BCUT2D eigenvalue weighted by molar-refractivity contribution is -0.130. The zero-order valence-electron chi connectivity index (χ0n) is 11.8. The Balaban J connectivity index is 1.84. The summed E-state index contributed by atoms with van der Waals surface area (Å²) in [6, 6.07) is 10.9. The highest BCUT2D eigenvalue weighted by molar-refractivity contribution is 9.10. The maximum atomic E-state index is 11.9. The summed E-state index contributed by atoms with van der Waals surface area (Å²) >= 11 is 3.23. The minimum absolute atomic E-state index is 0.392. The molecule has 0 N–H and O–H groups in total. The van der Waals surface area contributed by atoms with Crippen molar-refractivity contribution < 1.29 is 18.7 Å². The Morgan fingerprint density at radius 1 is 1.18 bits per heavy atom. The number of esters is 1. The number of carbonyl (C=O) groups excluding carboxylic acids is 1. The van der Waals surface area contributed by atoms with E-state index >= 15 is 0 Å². The van der Waals surface area contributed by atoms with Crippen LogP contribution in [0.15, 0.2) is 57.1 Å². The molecule has 1 aliphatic rings.